The fourth-order valence-electron chi connectivity index (χ4n) is 8.08. The van der Waals surface area contributed by atoms with Crippen molar-refractivity contribution in [2.75, 3.05) is 0 Å². The molecule has 0 radical (unpaired) electrons. The van der Waals surface area contributed by atoms with Gasteiger partial charge in [0.05, 0.1) is 6.10 Å². The lowest BCUT2D eigenvalue weighted by Gasteiger charge is -2.56. The van der Waals surface area contributed by atoms with Crippen molar-refractivity contribution in [3.05, 3.63) is 23.3 Å². The van der Waals surface area contributed by atoms with Crippen molar-refractivity contribution >= 4 is 0 Å². The van der Waals surface area contributed by atoms with E-state index in [9.17, 15) is 10.2 Å². The normalized spacial score (nSPS) is 45.2. The molecule has 2 heteroatoms. The second-order valence-corrected chi connectivity index (χ2v) is 11.9. The molecule has 0 spiro atoms. The van der Waals surface area contributed by atoms with E-state index in [1.807, 2.05) is 0 Å². The van der Waals surface area contributed by atoms with Crippen LogP contribution >= 0.6 is 0 Å². The molecule has 0 saturated heterocycles. The zero-order valence-corrected chi connectivity index (χ0v) is 19.5. The number of allylic oxidation sites excluding steroid dienone is 3. The molecule has 4 aliphatic rings. The maximum atomic E-state index is 10.7. The summed E-state index contributed by atoms with van der Waals surface area (Å²) < 4.78 is 0. The summed E-state index contributed by atoms with van der Waals surface area (Å²) in [5.74, 6) is 3.80. The topological polar surface area (TPSA) is 40.5 Å². The summed E-state index contributed by atoms with van der Waals surface area (Å²) in [6.07, 6.45) is 14.5. The predicted molar refractivity (Wildman–Crippen MR) is 120 cm³/mol. The van der Waals surface area contributed by atoms with Crippen molar-refractivity contribution in [2.45, 2.75) is 105 Å². The van der Waals surface area contributed by atoms with E-state index >= 15 is 0 Å². The minimum absolute atomic E-state index is 0.0467. The van der Waals surface area contributed by atoms with Crippen molar-refractivity contribution < 1.29 is 10.2 Å². The Labute approximate surface area is 178 Å². The second-order valence-electron chi connectivity index (χ2n) is 11.9. The average Bonchev–Trinajstić information content (AvgIpc) is 3.02. The number of fused-ring (bicyclic) bond motifs is 5. The standard InChI is InChI=1S/C27H44O2/c1-17(2)7-6-8-18(3)20-11-12-21-19-9-10-23-25(29)24(28)14-16-27(23,5)22(19)13-15-26(20,21)4/h9-10,17-18,20-22,24-25,28-29H,6-8,11-16H2,1-5H3/t18?,20?,21?,22?,24-,25?,26?,27?/m0/s1. The summed E-state index contributed by atoms with van der Waals surface area (Å²) in [4.78, 5) is 0. The van der Waals surface area contributed by atoms with Gasteiger partial charge in [-0.05, 0) is 84.5 Å². The molecule has 4 rings (SSSR count). The average molecular weight is 401 g/mol. The molecule has 0 aromatic heterocycles. The van der Waals surface area contributed by atoms with E-state index in [0.29, 0.717) is 11.3 Å². The van der Waals surface area contributed by atoms with Crippen LogP contribution in [0.1, 0.15) is 92.4 Å². The summed E-state index contributed by atoms with van der Waals surface area (Å²) in [6.45, 7) is 12.2. The van der Waals surface area contributed by atoms with Crippen LogP contribution in [0.4, 0.5) is 0 Å². The lowest BCUT2D eigenvalue weighted by Crippen LogP contribution is -2.50. The number of aliphatic hydroxyl groups excluding tert-OH is 2. The molecule has 4 aliphatic carbocycles. The number of aliphatic hydroxyl groups is 2. The third kappa shape index (κ3) is 3.47. The summed E-state index contributed by atoms with van der Waals surface area (Å²) >= 11 is 0. The van der Waals surface area contributed by atoms with Gasteiger partial charge in [-0.1, -0.05) is 71.6 Å². The number of rotatable bonds is 5. The molecular formula is C27H44O2. The lowest BCUT2D eigenvalue weighted by molar-refractivity contribution is -0.0283. The first-order valence-corrected chi connectivity index (χ1v) is 12.5. The van der Waals surface area contributed by atoms with E-state index in [2.05, 4.69) is 46.8 Å². The largest absolute Gasteiger partial charge is 0.390 e. The molecule has 8 atom stereocenters. The minimum atomic E-state index is -0.669. The molecule has 0 amide bonds. The Bertz CT molecular complexity index is 676. The first-order chi connectivity index (χ1) is 13.7. The van der Waals surface area contributed by atoms with E-state index < -0.39 is 12.2 Å². The first kappa shape index (κ1) is 21.6. The van der Waals surface area contributed by atoms with Gasteiger partial charge in [0.15, 0.2) is 0 Å². The highest BCUT2D eigenvalue weighted by Crippen LogP contribution is 2.66. The predicted octanol–water partition coefficient (Wildman–Crippen LogP) is 6.28. The number of hydrogen-bond acceptors (Lipinski definition) is 2. The smallest absolute Gasteiger partial charge is 0.102 e. The Balaban J connectivity index is 1.55. The van der Waals surface area contributed by atoms with Crippen LogP contribution in [-0.2, 0) is 0 Å². The van der Waals surface area contributed by atoms with Crippen molar-refractivity contribution in [3.8, 4) is 0 Å². The van der Waals surface area contributed by atoms with E-state index in [-0.39, 0.29) is 5.41 Å². The molecule has 164 valence electrons. The van der Waals surface area contributed by atoms with Gasteiger partial charge in [-0.15, -0.1) is 0 Å². The third-order valence-electron chi connectivity index (χ3n) is 9.84. The van der Waals surface area contributed by atoms with Crippen LogP contribution < -0.4 is 0 Å². The monoisotopic (exact) mass is 400 g/mol. The van der Waals surface area contributed by atoms with Gasteiger partial charge in [0.25, 0.3) is 0 Å². The quantitative estimate of drug-likeness (QED) is 0.570. The highest BCUT2D eigenvalue weighted by atomic mass is 16.3. The molecule has 29 heavy (non-hydrogen) atoms. The zero-order chi connectivity index (χ0) is 21.0. The van der Waals surface area contributed by atoms with Gasteiger partial charge in [0.1, 0.15) is 6.10 Å². The fourth-order valence-corrected chi connectivity index (χ4v) is 8.08. The van der Waals surface area contributed by atoms with Gasteiger partial charge in [-0.2, -0.15) is 0 Å². The van der Waals surface area contributed by atoms with Crippen molar-refractivity contribution in [1.29, 1.82) is 0 Å². The molecule has 0 bridgehead atoms. The van der Waals surface area contributed by atoms with Gasteiger partial charge in [-0.25, -0.2) is 0 Å². The molecule has 3 fully saturated rings. The summed E-state index contributed by atoms with van der Waals surface area (Å²) in [5.41, 5.74) is 3.29. The van der Waals surface area contributed by atoms with E-state index in [4.69, 9.17) is 0 Å². The summed E-state index contributed by atoms with van der Waals surface area (Å²) in [6, 6.07) is 0. The van der Waals surface area contributed by atoms with Crippen LogP contribution in [0.15, 0.2) is 23.3 Å². The van der Waals surface area contributed by atoms with Crippen LogP contribution in [-0.4, -0.2) is 22.4 Å². The second kappa shape index (κ2) is 7.83. The Morgan fingerprint density at radius 2 is 1.69 bits per heavy atom. The number of hydrogen-bond donors (Lipinski definition) is 2. The van der Waals surface area contributed by atoms with E-state index in [0.717, 1.165) is 42.1 Å². The molecule has 7 unspecified atom stereocenters. The minimum Gasteiger partial charge on any atom is -0.390 e. The molecule has 2 nitrogen and oxygen atoms in total. The van der Waals surface area contributed by atoms with Gasteiger partial charge in [0.2, 0.25) is 0 Å². The lowest BCUT2D eigenvalue weighted by atomic mass is 9.49. The summed E-state index contributed by atoms with van der Waals surface area (Å²) in [5, 5.41) is 20.9. The van der Waals surface area contributed by atoms with Crippen molar-refractivity contribution in [2.24, 2.45) is 40.4 Å². The van der Waals surface area contributed by atoms with Crippen LogP contribution in [0.3, 0.4) is 0 Å². The molecule has 0 aliphatic heterocycles. The molecule has 2 N–H and O–H groups in total. The fraction of sp³-hybridized carbons (Fsp3) is 0.852. The van der Waals surface area contributed by atoms with Crippen LogP contribution in [0.5, 0.6) is 0 Å². The Morgan fingerprint density at radius 3 is 2.41 bits per heavy atom. The molecule has 3 saturated carbocycles. The maximum absolute atomic E-state index is 10.7. The molecule has 0 aromatic carbocycles. The molecule has 0 heterocycles. The zero-order valence-electron chi connectivity index (χ0n) is 19.5. The van der Waals surface area contributed by atoms with Crippen LogP contribution in [0.25, 0.3) is 0 Å². The van der Waals surface area contributed by atoms with Crippen molar-refractivity contribution in [3.63, 3.8) is 0 Å². The Hall–Kier alpha value is -0.600. The van der Waals surface area contributed by atoms with Crippen LogP contribution in [0.2, 0.25) is 0 Å². The third-order valence-corrected chi connectivity index (χ3v) is 9.84. The Morgan fingerprint density at radius 1 is 0.931 bits per heavy atom. The SMILES string of the molecule is CC(C)CCCC(C)C1CCC2C3=CC=C4C(O)[C@@H](O)CCC4(C)C3CCC21C. The van der Waals surface area contributed by atoms with Gasteiger partial charge < -0.3 is 10.2 Å². The van der Waals surface area contributed by atoms with Crippen LogP contribution in [0, 0.1) is 40.4 Å². The molecular weight excluding hydrogens is 356 g/mol. The highest BCUT2D eigenvalue weighted by Gasteiger charge is 2.57. The maximum Gasteiger partial charge on any atom is 0.102 e. The van der Waals surface area contributed by atoms with Gasteiger partial charge in [0, 0.05) is 0 Å². The first-order valence-electron chi connectivity index (χ1n) is 12.5. The van der Waals surface area contributed by atoms with Gasteiger partial charge >= 0.3 is 0 Å². The van der Waals surface area contributed by atoms with E-state index in [1.54, 1.807) is 5.57 Å². The van der Waals surface area contributed by atoms with Crippen molar-refractivity contribution in [1.82, 2.24) is 0 Å². The highest BCUT2D eigenvalue weighted by molar-refractivity contribution is 5.40. The summed E-state index contributed by atoms with van der Waals surface area (Å²) in [7, 11) is 0. The van der Waals surface area contributed by atoms with E-state index in [1.165, 1.54) is 44.9 Å². The Kier molecular flexibility index (Phi) is 5.84. The molecule has 0 aromatic rings. The van der Waals surface area contributed by atoms with Gasteiger partial charge in [-0.3, -0.25) is 0 Å².